The second-order valence-electron chi connectivity index (χ2n) is 4.37. The highest BCUT2D eigenvalue weighted by Gasteiger charge is 2.15. The Balaban J connectivity index is 2.19. The van der Waals surface area contributed by atoms with Crippen LogP contribution >= 0.6 is 39.5 Å². The summed E-state index contributed by atoms with van der Waals surface area (Å²) >= 11 is 9.75. The summed E-state index contributed by atoms with van der Waals surface area (Å²) in [4.78, 5) is 1.39. The van der Waals surface area contributed by atoms with E-state index in [1.807, 2.05) is 12.1 Å². The molecular weight excluding hydrogens is 392 g/mol. The molecule has 112 valence electrons. The Morgan fingerprint density at radius 3 is 2.62 bits per heavy atom. The molecule has 0 saturated heterocycles. The van der Waals surface area contributed by atoms with Gasteiger partial charge in [0, 0.05) is 17.0 Å². The van der Waals surface area contributed by atoms with E-state index in [4.69, 9.17) is 18.0 Å². The fourth-order valence-electron chi connectivity index (χ4n) is 1.78. The number of nitrogens with one attached hydrogen (secondary N) is 1. The van der Waals surface area contributed by atoms with Crippen molar-refractivity contribution in [3.8, 4) is 0 Å². The first kappa shape index (κ1) is 16.6. The largest absolute Gasteiger partial charge is 0.389 e. The van der Waals surface area contributed by atoms with Gasteiger partial charge in [0.15, 0.2) is 0 Å². The zero-order valence-corrected chi connectivity index (χ0v) is 15.1. The number of hydrogen-bond acceptors (Lipinski definition) is 4. The molecule has 0 aliphatic heterocycles. The Morgan fingerprint density at radius 1 is 1.38 bits per heavy atom. The zero-order valence-electron chi connectivity index (χ0n) is 11.1. The van der Waals surface area contributed by atoms with Crippen LogP contribution in [0, 0.1) is 6.92 Å². The summed E-state index contributed by atoms with van der Waals surface area (Å²) in [5.74, 6) is 0. The van der Waals surface area contributed by atoms with E-state index < -0.39 is 10.0 Å². The highest BCUT2D eigenvalue weighted by molar-refractivity contribution is 9.11. The minimum atomic E-state index is -3.56. The molecule has 0 radical (unpaired) electrons. The lowest BCUT2D eigenvalue weighted by atomic mass is 10.1. The third-order valence-electron chi connectivity index (χ3n) is 2.84. The summed E-state index contributed by atoms with van der Waals surface area (Å²) in [5, 5.41) is 0. The number of nitrogens with two attached hydrogens (primary N) is 1. The first-order chi connectivity index (χ1) is 9.79. The van der Waals surface area contributed by atoms with E-state index in [0.717, 1.165) is 14.2 Å². The fourth-order valence-corrected chi connectivity index (χ4v) is 4.61. The van der Waals surface area contributed by atoms with Crippen LogP contribution < -0.4 is 10.5 Å². The topological polar surface area (TPSA) is 72.2 Å². The molecular formula is C13H13BrN2O2S3. The monoisotopic (exact) mass is 404 g/mol. The maximum absolute atomic E-state index is 12.3. The van der Waals surface area contributed by atoms with E-state index in [1.165, 1.54) is 17.4 Å². The molecule has 0 atom stereocenters. The van der Waals surface area contributed by atoms with Crippen LogP contribution in [0.1, 0.15) is 16.0 Å². The van der Waals surface area contributed by atoms with Gasteiger partial charge in [0.25, 0.3) is 0 Å². The SMILES string of the molecule is Cc1cc(S(=O)(=O)NCc2ccc(Br)s2)ccc1C(N)=S. The third kappa shape index (κ3) is 4.10. The minimum absolute atomic E-state index is 0.204. The maximum Gasteiger partial charge on any atom is 0.240 e. The molecule has 0 unspecified atom stereocenters. The van der Waals surface area contributed by atoms with Crippen molar-refractivity contribution in [1.82, 2.24) is 4.72 Å². The summed E-state index contributed by atoms with van der Waals surface area (Å²) in [7, 11) is -3.56. The predicted molar refractivity (Wildman–Crippen MR) is 93.1 cm³/mol. The lowest BCUT2D eigenvalue weighted by Crippen LogP contribution is -2.23. The lowest BCUT2D eigenvalue weighted by molar-refractivity contribution is 0.581. The van der Waals surface area contributed by atoms with Crippen molar-refractivity contribution in [2.75, 3.05) is 0 Å². The molecule has 4 nitrogen and oxygen atoms in total. The molecule has 0 aliphatic carbocycles. The van der Waals surface area contributed by atoms with Crippen LogP contribution in [-0.4, -0.2) is 13.4 Å². The molecule has 0 aliphatic rings. The van der Waals surface area contributed by atoms with Gasteiger partial charge in [-0.2, -0.15) is 0 Å². The van der Waals surface area contributed by atoms with Gasteiger partial charge in [0.1, 0.15) is 4.99 Å². The molecule has 1 aromatic heterocycles. The Hall–Kier alpha value is -0.800. The van der Waals surface area contributed by atoms with Gasteiger partial charge in [-0.3, -0.25) is 0 Å². The number of sulfonamides is 1. The van der Waals surface area contributed by atoms with Crippen LogP contribution in [-0.2, 0) is 16.6 Å². The number of hydrogen-bond donors (Lipinski definition) is 2. The molecule has 8 heteroatoms. The van der Waals surface area contributed by atoms with Gasteiger partial charge in [-0.25, -0.2) is 13.1 Å². The van der Waals surface area contributed by atoms with Crippen molar-refractivity contribution in [3.05, 3.63) is 50.1 Å². The van der Waals surface area contributed by atoms with Crippen LogP contribution in [0.15, 0.2) is 39.0 Å². The average molecular weight is 405 g/mol. The quantitative estimate of drug-likeness (QED) is 0.751. The third-order valence-corrected chi connectivity index (χ3v) is 6.08. The molecule has 0 saturated carbocycles. The van der Waals surface area contributed by atoms with E-state index in [2.05, 4.69) is 20.7 Å². The maximum atomic E-state index is 12.3. The van der Waals surface area contributed by atoms with Gasteiger partial charge in [-0.15, -0.1) is 11.3 Å². The van der Waals surface area contributed by atoms with Crippen molar-refractivity contribution >= 4 is 54.5 Å². The molecule has 3 N–H and O–H groups in total. The first-order valence-corrected chi connectivity index (χ1v) is 9.44. The molecule has 1 heterocycles. The van der Waals surface area contributed by atoms with E-state index in [1.54, 1.807) is 19.1 Å². The average Bonchev–Trinajstić information content (AvgIpc) is 2.82. The number of aryl methyl sites for hydroxylation is 1. The molecule has 2 rings (SSSR count). The molecule has 21 heavy (non-hydrogen) atoms. The Labute approximate surface area is 141 Å². The molecule has 0 fully saturated rings. The molecule has 0 spiro atoms. The van der Waals surface area contributed by atoms with Crippen LogP contribution in [0.3, 0.4) is 0 Å². The normalized spacial score (nSPS) is 11.5. The van der Waals surface area contributed by atoms with E-state index in [-0.39, 0.29) is 16.4 Å². The van der Waals surface area contributed by atoms with E-state index in [0.29, 0.717) is 5.56 Å². The summed E-state index contributed by atoms with van der Waals surface area (Å²) in [6, 6.07) is 8.47. The van der Waals surface area contributed by atoms with Crippen LogP contribution in [0.25, 0.3) is 0 Å². The number of halogens is 1. The Kier molecular flexibility index (Phi) is 5.15. The molecule has 1 aromatic carbocycles. The number of benzene rings is 1. The van der Waals surface area contributed by atoms with Crippen molar-refractivity contribution in [2.45, 2.75) is 18.4 Å². The van der Waals surface area contributed by atoms with Crippen LogP contribution in [0.2, 0.25) is 0 Å². The highest BCUT2D eigenvalue weighted by atomic mass is 79.9. The second-order valence-corrected chi connectivity index (χ2v) is 9.13. The minimum Gasteiger partial charge on any atom is -0.389 e. The molecule has 2 aromatic rings. The van der Waals surface area contributed by atoms with Gasteiger partial charge in [-0.1, -0.05) is 18.3 Å². The van der Waals surface area contributed by atoms with E-state index in [9.17, 15) is 8.42 Å². The molecule has 0 amide bonds. The van der Waals surface area contributed by atoms with Crippen molar-refractivity contribution in [3.63, 3.8) is 0 Å². The summed E-state index contributed by atoms with van der Waals surface area (Å²) in [6.07, 6.45) is 0. The summed E-state index contributed by atoms with van der Waals surface area (Å²) in [6.45, 7) is 2.04. The Bertz CT molecular complexity index is 784. The fraction of sp³-hybridized carbons (Fsp3) is 0.154. The van der Waals surface area contributed by atoms with Gasteiger partial charge in [0.2, 0.25) is 10.0 Å². The summed E-state index contributed by atoms with van der Waals surface area (Å²) in [5.41, 5.74) is 7.00. The Morgan fingerprint density at radius 2 is 2.10 bits per heavy atom. The number of rotatable bonds is 5. The van der Waals surface area contributed by atoms with Crippen molar-refractivity contribution in [2.24, 2.45) is 5.73 Å². The van der Waals surface area contributed by atoms with Crippen LogP contribution in [0.4, 0.5) is 0 Å². The summed E-state index contributed by atoms with van der Waals surface area (Å²) < 4.78 is 28.1. The number of thiophene rings is 1. The predicted octanol–water partition coefficient (Wildman–Crippen LogP) is 2.93. The number of thiocarbonyl (C=S) groups is 1. The van der Waals surface area contributed by atoms with Gasteiger partial charge in [0.05, 0.1) is 8.68 Å². The van der Waals surface area contributed by atoms with Gasteiger partial charge in [-0.05, 0) is 52.7 Å². The van der Waals surface area contributed by atoms with Crippen molar-refractivity contribution in [1.29, 1.82) is 0 Å². The first-order valence-electron chi connectivity index (χ1n) is 5.94. The second kappa shape index (κ2) is 6.53. The highest BCUT2D eigenvalue weighted by Crippen LogP contribution is 2.22. The smallest absolute Gasteiger partial charge is 0.240 e. The lowest BCUT2D eigenvalue weighted by Gasteiger charge is -2.09. The van der Waals surface area contributed by atoms with Crippen LogP contribution in [0.5, 0.6) is 0 Å². The standard InChI is InChI=1S/C13H13BrN2O2S3/c1-8-6-10(3-4-11(8)13(15)19)21(17,18)16-7-9-2-5-12(14)20-9/h2-6,16H,7H2,1H3,(H2,15,19). The van der Waals surface area contributed by atoms with E-state index >= 15 is 0 Å². The molecule has 0 bridgehead atoms. The van der Waals surface area contributed by atoms with Gasteiger partial charge < -0.3 is 5.73 Å². The van der Waals surface area contributed by atoms with Crippen molar-refractivity contribution < 1.29 is 8.42 Å². The zero-order chi connectivity index (χ0) is 15.6. The van der Waals surface area contributed by atoms with Gasteiger partial charge >= 0.3 is 0 Å².